The summed E-state index contributed by atoms with van der Waals surface area (Å²) in [5, 5.41) is 10.7. The number of hydrogen-bond acceptors (Lipinski definition) is 6. The zero-order valence-electron chi connectivity index (χ0n) is 33.2. The molecule has 14 heteroatoms. The first-order valence-corrected chi connectivity index (χ1v) is 19.3. The van der Waals surface area contributed by atoms with Crippen molar-refractivity contribution in [1.29, 1.82) is 0 Å². The van der Waals surface area contributed by atoms with Crippen molar-refractivity contribution >= 4 is 41.0 Å². The monoisotopic (exact) mass is 840 g/mol. The summed E-state index contributed by atoms with van der Waals surface area (Å²) in [6, 6.07) is 32.2. The number of carbonyl (C=O) groups is 5. The average Bonchev–Trinajstić information content (AvgIpc) is 3.23. The van der Waals surface area contributed by atoms with Crippen molar-refractivity contribution in [2.75, 3.05) is 7.11 Å². The number of nitrogens with one attached hydrogen (secondary N) is 4. The minimum atomic E-state index is -5.27. The van der Waals surface area contributed by atoms with Gasteiger partial charge in [-0.1, -0.05) is 134 Å². The lowest BCUT2D eigenvalue weighted by atomic mass is 9.76. The van der Waals surface area contributed by atoms with E-state index in [0.29, 0.717) is 22.4 Å². The van der Waals surface area contributed by atoms with Gasteiger partial charge in [-0.3, -0.25) is 24.0 Å². The number of ketones is 1. The molecule has 5 aromatic carbocycles. The summed E-state index contributed by atoms with van der Waals surface area (Å²) in [4.78, 5) is 69.1. The van der Waals surface area contributed by atoms with E-state index in [-0.39, 0.29) is 16.1 Å². The van der Waals surface area contributed by atoms with Gasteiger partial charge in [0.05, 0.1) is 19.6 Å². The highest BCUT2D eigenvalue weighted by atomic mass is 35.5. The Morgan fingerprint density at radius 2 is 1.25 bits per heavy atom. The van der Waals surface area contributed by atoms with Gasteiger partial charge in [-0.2, -0.15) is 13.2 Å². The number of methoxy groups -OCH3 is 1. The van der Waals surface area contributed by atoms with Crippen LogP contribution >= 0.6 is 11.6 Å². The number of benzene rings is 5. The van der Waals surface area contributed by atoms with E-state index in [4.69, 9.17) is 16.3 Å². The van der Waals surface area contributed by atoms with E-state index in [2.05, 4.69) is 21.3 Å². The summed E-state index contributed by atoms with van der Waals surface area (Å²) in [7, 11) is 1.40. The molecule has 60 heavy (non-hydrogen) atoms. The van der Waals surface area contributed by atoms with Gasteiger partial charge in [0.15, 0.2) is 0 Å². The summed E-state index contributed by atoms with van der Waals surface area (Å²) < 4.78 is 46.1. The standard InChI is InChI=1S/C46H44ClF3N4O6/c1-28(2)39(41(56)46(48,49)50)52-44(59)40(30-20-24-36(60-4)25-21-30)53-43(58)37(51-42(57)31-12-11-17-35(47)26-31)27-38(55)54-45(32-13-7-5-8-14-32,33-15-9-6-10-16-33)34-22-18-29(3)19-23-34/h5-26,28,37,39-40H,27H2,1-4H3,(H,51,57)(H,52,59)(H,53,58)(H,54,55)/t37-,39-,40-/m0/s1. The minimum Gasteiger partial charge on any atom is -0.497 e. The molecular weight excluding hydrogens is 797 g/mol. The van der Waals surface area contributed by atoms with Crippen LogP contribution in [0.5, 0.6) is 5.75 Å². The lowest BCUT2D eigenvalue weighted by Gasteiger charge is -2.37. The number of ether oxygens (including phenoxy) is 1. The highest BCUT2D eigenvalue weighted by Gasteiger charge is 2.46. The van der Waals surface area contributed by atoms with Gasteiger partial charge in [-0.15, -0.1) is 0 Å². The van der Waals surface area contributed by atoms with Crippen LogP contribution in [-0.4, -0.2) is 54.8 Å². The number of aryl methyl sites for hydroxylation is 1. The number of Topliss-reactive ketones (excluding diaryl/α,β-unsaturated/α-hetero) is 1. The fourth-order valence-corrected chi connectivity index (χ4v) is 6.90. The second-order valence-electron chi connectivity index (χ2n) is 14.4. The van der Waals surface area contributed by atoms with Crippen LogP contribution in [0.25, 0.3) is 0 Å². The lowest BCUT2D eigenvalue weighted by Crippen LogP contribution is -2.56. The Labute approximate surface area is 350 Å². The van der Waals surface area contributed by atoms with Gasteiger partial charge in [-0.25, -0.2) is 0 Å². The van der Waals surface area contributed by atoms with Crippen LogP contribution in [0.15, 0.2) is 133 Å². The second kappa shape index (κ2) is 19.5. The van der Waals surface area contributed by atoms with Gasteiger partial charge in [0.25, 0.3) is 11.7 Å². The summed E-state index contributed by atoms with van der Waals surface area (Å²) >= 11 is 6.17. The predicted molar refractivity (Wildman–Crippen MR) is 221 cm³/mol. The second-order valence-corrected chi connectivity index (χ2v) is 14.9. The summed E-state index contributed by atoms with van der Waals surface area (Å²) in [5.74, 6) is -6.48. The first-order valence-electron chi connectivity index (χ1n) is 18.9. The molecule has 0 saturated heterocycles. The van der Waals surface area contributed by atoms with Crippen LogP contribution in [-0.2, 0) is 24.7 Å². The number of rotatable bonds is 16. The maximum atomic E-state index is 14.6. The maximum absolute atomic E-state index is 14.6. The summed E-state index contributed by atoms with van der Waals surface area (Å²) in [6.07, 6.45) is -5.94. The molecule has 10 nitrogen and oxygen atoms in total. The van der Waals surface area contributed by atoms with Crippen molar-refractivity contribution in [2.45, 2.75) is 57.0 Å². The van der Waals surface area contributed by atoms with E-state index in [9.17, 15) is 37.1 Å². The number of alkyl halides is 3. The number of hydrogen-bond donors (Lipinski definition) is 4. The first kappa shape index (κ1) is 44.6. The molecule has 0 aromatic heterocycles. The zero-order chi connectivity index (χ0) is 43.6. The molecule has 0 aliphatic rings. The highest BCUT2D eigenvalue weighted by Crippen LogP contribution is 2.37. The molecule has 0 aliphatic heterocycles. The Kier molecular flexibility index (Phi) is 14.5. The molecule has 5 rings (SSSR count). The van der Waals surface area contributed by atoms with E-state index in [1.807, 2.05) is 91.9 Å². The van der Waals surface area contributed by atoms with Crippen LogP contribution in [0.2, 0.25) is 5.02 Å². The molecular formula is C46H44ClF3N4O6. The van der Waals surface area contributed by atoms with E-state index in [1.165, 1.54) is 63.4 Å². The Morgan fingerprint density at radius 1 is 0.683 bits per heavy atom. The van der Waals surface area contributed by atoms with E-state index >= 15 is 0 Å². The molecule has 0 unspecified atom stereocenters. The van der Waals surface area contributed by atoms with Gasteiger partial charge in [-0.05, 0) is 65.4 Å². The fourth-order valence-electron chi connectivity index (χ4n) is 6.71. The van der Waals surface area contributed by atoms with E-state index in [1.54, 1.807) is 6.07 Å². The van der Waals surface area contributed by atoms with Crippen molar-refractivity contribution in [1.82, 2.24) is 21.3 Å². The number of halogens is 4. The van der Waals surface area contributed by atoms with Crippen molar-refractivity contribution in [3.05, 3.63) is 172 Å². The zero-order valence-corrected chi connectivity index (χ0v) is 33.9. The molecule has 0 heterocycles. The molecule has 312 valence electrons. The molecule has 4 amide bonds. The first-order chi connectivity index (χ1) is 28.5. The third-order valence-electron chi connectivity index (χ3n) is 9.85. The molecule has 5 aromatic rings. The van der Waals surface area contributed by atoms with Crippen LogP contribution in [0, 0.1) is 12.8 Å². The Balaban J connectivity index is 1.56. The largest absolute Gasteiger partial charge is 0.497 e. The quantitative estimate of drug-likeness (QED) is 0.0765. The predicted octanol–water partition coefficient (Wildman–Crippen LogP) is 7.38. The van der Waals surface area contributed by atoms with Gasteiger partial charge in [0.2, 0.25) is 17.7 Å². The summed E-state index contributed by atoms with van der Waals surface area (Å²) in [5.41, 5.74) is 1.86. The molecule has 3 atom stereocenters. The third-order valence-corrected chi connectivity index (χ3v) is 10.1. The average molecular weight is 841 g/mol. The van der Waals surface area contributed by atoms with Crippen LogP contribution in [0.1, 0.15) is 64.5 Å². The number of amides is 4. The van der Waals surface area contributed by atoms with Crippen molar-refractivity contribution in [2.24, 2.45) is 5.92 Å². The van der Waals surface area contributed by atoms with Gasteiger partial charge in [0.1, 0.15) is 23.4 Å². The summed E-state index contributed by atoms with van der Waals surface area (Å²) in [6.45, 7) is 4.59. The number of carbonyl (C=O) groups excluding carboxylic acids is 5. The van der Waals surface area contributed by atoms with Crippen LogP contribution in [0.4, 0.5) is 13.2 Å². The lowest BCUT2D eigenvalue weighted by molar-refractivity contribution is -0.175. The highest BCUT2D eigenvalue weighted by molar-refractivity contribution is 6.31. The molecule has 0 bridgehead atoms. The molecule has 0 aliphatic carbocycles. The van der Waals surface area contributed by atoms with Crippen molar-refractivity contribution in [3.63, 3.8) is 0 Å². The Bertz CT molecular complexity index is 2250. The fraction of sp³-hybridized carbons (Fsp3) is 0.239. The van der Waals surface area contributed by atoms with Gasteiger partial charge < -0.3 is 26.0 Å². The Hall–Kier alpha value is -6.47. The van der Waals surface area contributed by atoms with Gasteiger partial charge in [0, 0.05) is 10.6 Å². The van der Waals surface area contributed by atoms with Gasteiger partial charge >= 0.3 is 6.18 Å². The normalized spacial score (nSPS) is 13.0. The minimum absolute atomic E-state index is 0.0539. The third kappa shape index (κ3) is 10.8. The maximum Gasteiger partial charge on any atom is 0.452 e. The molecule has 0 spiro atoms. The van der Waals surface area contributed by atoms with Crippen LogP contribution in [0.3, 0.4) is 0 Å². The molecule has 0 saturated carbocycles. The molecule has 4 N–H and O–H groups in total. The Morgan fingerprint density at radius 3 is 1.77 bits per heavy atom. The smallest absolute Gasteiger partial charge is 0.452 e. The SMILES string of the molecule is COc1ccc([C@H](NC(=O)[C@H](CC(=O)NC(c2ccccc2)(c2ccccc2)c2ccc(C)cc2)NC(=O)c2cccc(Cl)c2)C(=O)N[C@H](C(=O)C(F)(F)F)C(C)C)cc1. The van der Waals surface area contributed by atoms with E-state index in [0.717, 1.165) is 5.56 Å². The van der Waals surface area contributed by atoms with Crippen LogP contribution < -0.4 is 26.0 Å². The molecule has 0 fully saturated rings. The van der Waals surface area contributed by atoms with Crippen molar-refractivity contribution < 1.29 is 41.9 Å². The van der Waals surface area contributed by atoms with Crippen molar-refractivity contribution in [3.8, 4) is 5.75 Å². The van der Waals surface area contributed by atoms with E-state index < -0.39 is 71.6 Å². The topological polar surface area (TPSA) is 143 Å². The molecule has 0 radical (unpaired) electrons.